The van der Waals surface area contributed by atoms with Crippen LogP contribution in [0, 0.1) is 5.82 Å². The lowest BCUT2D eigenvalue weighted by Crippen LogP contribution is -2.25. The van der Waals surface area contributed by atoms with Gasteiger partial charge >= 0.3 is 0 Å². The van der Waals surface area contributed by atoms with E-state index in [2.05, 4.69) is 5.32 Å². The quantitative estimate of drug-likeness (QED) is 0.820. The van der Waals surface area contributed by atoms with Crippen LogP contribution >= 0.6 is 11.6 Å². The number of rotatable bonds is 6. The first-order valence-electron chi connectivity index (χ1n) is 5.45. The minimum absolute atomic E-state index is 0.00738. The van der Waals surface area contributed by atoms with Crippen molar-refractivity contribution in [1.82, 2.24) is 5.32 Å². The third-order valence-corrected chi connectivity index (χ3v) is 2.67. The van der Waals surface area contributed by atoms with E-state index in [0.29, 0.717) is 30.0 Å². The molecule has 0 atom stereocenters. The molecule has 0 unspecified atom stereocenters. The first-order valence-corrected chi connectivity index (χ1v) is 5.83. The van der Waals surface area contributed by atoms with Gasteiger partial charge in [0.1, 0.15) is 5.82 Å². The minimum atomic E-state index is -0.359. The number of aliphatic hydroxyl groups excluding tert-OH is 1. The Morgan fingerprint density at radius 3 is 2.88 bits per heavy atom. The van der Waals surface area contributed by atoms with Crippen LogP contribution in [0.3, 0.4) is 0 Å². The Bertz CT molecular complexity index is 365. The number of hydrogen-bond acceptors (Lipinski definition) is 2. The van der Waals surface area contributed by atoms with Crippen LogP contribution in [0.5, 0.6) is 0 Å². The fourth-order valence-corrected chi connectivity index (χ4v) is 1.68. The van der Waals surface area contributed by atoms with E-state index >= 15 is 0 Å². The summed E-state index contributed by atoms with van der Waals surface area (Å²) >= 11 is 5.84. The molecule has 17 heavy (non-hydrogen) atoms. The molecule has 0 bridgehead atoms. The molecule has 1 aromatic rings. The Kier molecular flexibility index (Phi) is 5.94. The van der Waals surface area contributed by atoms with Gasteiger partial charge < -0.3 is 10.4 Å². The molecule has 3 nitrogen and oxygen atoms in total. The van der Waals surface area contributed by atoms with Gasteiger partial charge in [0.2, 0.25) is 5.91 Å². The number of amides is 1. The normalized spacial score (nSPS) is 10.3. The van der Waals surface area contributed by atoms with Gasteiger partial charge in [-0.3, -0.25) is 4.79 Å². The molecule has 1 aromatic carbocycles. The Labute approximate surface area is 105 Å². The average molecular weight is 260 g/mol. The first-order chi connectivity index (χ1) is 8.15. The molecule has 0 fully saturated rings. The summed E-state index contributed by atoms with van der Waals surface area (Å²) in [6.45, 7) is 0.331. The lowest BCUT2D eigenvalue weighted by atomic mass is 10.1. The Hall–Kier alpha value is -1.13. The molecule has 1 rings (SSSR count). The third-order valence-electron chi connectivity index (χ3n) is 2.32. The summed E-state index contributed by atoms with van der Waals surface area (Å²) in [5, 5.41) is 11.6. The molecule has 0 aliphatic carbocycles. The highest BCUT2D eigenvalue weighted by molar-refractivity contribution is 6.31. The smallest absolute Gasteiger partial charge is 0.220 e. The summed E-state index contributed by atoms with van der Waals surface area (Å²) < 4.78 is 13.3. The van der Waals surface area contributed by atoms with Gasteiger partial charge in [0, 0.05) is 30.2 Å². The van der Waals surface area contributed by atoms with Crippen molar-refractivity contribution in [3.8, 4) is 0 Å². The van der Waals surface area contributed by atoms with Gasteiger partial charge in [0.05, 0.1) is 0 Å². The van der Waals surface area contributed by atoms with E-state index < -0.39 is 0 Å². The molecule has 0 saturated carbocycles. The van der Waals surface area contributed by atoms with Crippen LogP contribution in [0.1, 0.15) is 18.4 Å². The maximum atomic E-state index is 13.3. The van der Waals surface area contributed by atoms with E-state index in [9.17, 15) is 9.18 Å². The second-order valence-electron chi connectivity index (χ2n) is 3.63. The van der Waals surface area contributed by atoms with Gasteiger partial charge in [0.25, 0.3) is 0 Å². The number of carbonyl (C=O) groups is 1. The number of carbonyl (C=O) groups excluding carboxylic acids is 1. The summed E-state index contributed by atoms with van der Waals surface area (Å²) in [5.74, 6) is -0.506. The van der Waals surface area contributed by atoms with Crippen molar-refractivity contribution in [1.29, 1.82) is 0 Å². The van der Waals surface area contributed by atoms with E-state index in [1.807, 2.05) is 0 Å². The maximum absolute atomic E-state index is 13.3. The lowest BCUT2D eigenvalue weighted by Gasteiger charge is -2.07. The molecule has 94 valence electrons. The molecule has 0 spiro atoms. The highest BCUT2D eigenvalue weighted by Gasteiger charge is 2.07. The van der Waals surface area contributed by atoms with E-state index in [0.717, 1.165) is 0 Å². The fraction of sp³-hybridized carbons (Fsp3) is 0.417. The maximum Gasteiger partial charge on any atom is 0.220 e. The van der Waals surface area contributed by atoms with Crippen molar-refractivity contribution >= 4 is 17.5 Å². The molecule has 0 saturated heterocycles. The molecule has 0 heterocycles. The summed E-state index contributed by atoms with van der Waals surface area (Å²) in [6.07, 6.45) is 1.07. The van der Waals surface area contributed by atoms with Crippen molar-refractivity contribution in [3.05, 3.63) is 34.6 Å². The molecular weight excluding hydrogens is 245 g/mol. The number of nitrogens with one attached hydrogen (secondary N) is 1. The monoisotopic (exact) mass is 259 g/mol. The van der Waals surface area contributed by atoms with Crippen LogP contribution in [0.4, 0.5) is 4.39 Å². The zero-order chi connectivity index (χ0) is 12.7. The van der Waals surface area contributed by atoms with Crippen LogP contribution in [0.25, 0.3) is 0 Å². The number of halogens is 2. The Morgan fingerprint density at radius 2 is 2.24 bits per heavy atom. The zero-order valence-electron chi connectivity index (χ0n) is 9.38. The van der Waals surface area contributed by atoms with Crippen LogP contribution in [0.2, 0.25) is 5.02 Å². The van der Waals surface area contributed by atoms with Crippen LogP contribution in [-0.4, -0.2) is 24.2 Å². The standard InChI is InChI=1S/C12H15ClFNO2/c13-10-3-1-4-11(14)9(10)6-7-15-12(17)5-2-8-16/h1,3-4,16H,2,5-8H2,(H,15,17). The highest BCUT2D eigenvalue weighted by atomic mass is 35.5. The topological polar surface area (TPSA) is 49.3 Å². The lowest BCUT2D eigenvalue weighted by molar-refractivity contribution is -0.121. The molecule has 0 aliphatic rings. The van der Waals surface area contributed by atoms with Crippen molar-refractivity contribution in [2.24, 2.45) is 0 Å². The Balaban J connectivity index is 2.38. The molecule has 0 aliphatic heterocycles. The number of benzene rings is 1. The van der Waals surface area contributed by atoms with Gasteiger partial charge in [-0.25, -0.2) is 4.39 Å². The van der Waals surface area contributed by atoms with Gasteiger partial charge in [-0.15, -0.1) is 0 Å². The fourth-order valence-electron chi connectivity index (χ4n) is 1.43. The largest absolute Gasteiger partial charge is 0.396 e. The van der Waals surface area contributed by atoms with Crippen molar-refractivity contribution in [2.45, 2.75) is 19.3 Å². The predicted molar refractivity (Wildman–Crippen MR) is 64.4 cm³/mol. The van der Waals surface area contributed by atoms with E-state index in [1.54, 1.807) is 12.1 Å². The van der Waals surface area contributed by atoms with E-state index in [4.69, 9.17) is 16.7 Å². The van der Waals surface area contributed by atoms with Crippen LogP contribution in [0.15, 0.2) is 18.2 Å². The molecule has 2 N–H and O–H groups in total. The first kappa shape index (κ1) is 13.9. The zero-order valence-corrected chi connectivity index (χ0v) is 10.1. The minimum Gasteiger partial charge on any atom is -0.396 e. The van der Waals surface area contributed by atoms with Crippen molar-refractivity contribution in [2.75, 3.05) is 13.2 Å². The molecule has 0 aromatic heterocycles. The second kappa shape index (κ2) is 7.25. The van der Waals surface area contributed by atoms with Gasteiger partial charge in [-0.1, -0.05) is 17.7 Å². The number of hydrogen-bond donors (Lipinski definition) is 2. The molecule has 0 radical (unpaired) electrons. The summed E-state index contributed by atoms with van der Waals surface area (Å²) in [7, 11) is 0. The van der Waals surface area contributed by atoms with E-state index in [1.165, 1.54) is 6.07 Å². The van der Waals surface area contributed by atoms with Crippen molar-refractivity contribution in [3.63, 3.8) is 0 Å². The predicted octanol–water partition coefficient (Wildman–Crippen LogP) is 1.91. The average Bonchev–Trinajstić information content (AvgIpc) is 2.30. The highest BCUT2D eigenvalue weighted by Crippen LogP contribution is 2.18. The Morgan fingerprint density at radius 1 is 1.47 bits per heavy atom. The van der Waals surface area contributed by atoms with Crippen LogP contribution < -0.4 is 5.32 Å². The summed E-state index contributed by atoms with van der Waals surface area (Å²) in [4.78, 5) is 11.2. The SMILES string of the molecule is O=C(CCCO)NCCc1c(F)cccc1Cl. The van der Waals surface area contributed by atoms with Crippen molar-refractivity contribution < 1.29 is 14.3 Å². The van der Waals surface area contributed by atoms with Gasteiger partial charge in [-0.2, -0.15) is 0 Å². The molecule has 5 heteroatoms. The van der Waals surface area contributed by atoms with Gasteiger partial charge in [-0.05, 0) is 25.0 Å². The molecule has 1 amide bonds. The summed E-state index contributed by atoms with van der Waals surface area (Å²) in [6, 6.07) is 4.50. The number of aliphatic hydroxyl groups is 1. The van der Waals surface area contributed by atoms with Gasteiger partial charge in [0.15, 0.2) is 0 Å². The second-order valence-corrected chi connectivity index (χ2v) is 4.03. The summed E-state index contributed by atoms with van der Waals surface area (Å²) in [5.41, 5.74) is 0.414. The van der Waals surface area contributed by atoms with Crippen LogP contribution in [-0.2, 0) is 11.2 Å². The third kappa shape index (κ3) is 4.71. The molecular formula is C12H15ClFNO2. The van der Waals surface area contributed by atoms with E-state index in [-0.39, 0.29) is 24.8 Å².